The molecule has 1 aliphatic rings. The number of likely N-dealkylation sites (N-methyl/N-ethyl adjacent to an activating group) is 1. The monoisotopic (exact) mass is 238 g/mol. The van der Waals surface area contributed by atoms with E-state index in [1.165, 1.54) is 12.1 Å². The lowest BCUT2D eigenvalue weighted by Gasteiger charge is -2.29. The second-order valence-corrected chi connectivity index (χ2v) is 4.12. The summed E-state index contributed by atoms with van der Waals surface area (Å²) < 4.78 is 18.3. The molecule has 0 aromatic heterocycles. The molecule has 1 unspecified atom stereocenters. The predicted octanol–water partition coefficient (Wildman–Crippen LogP) is 1.09. The highest BCUT2D eigenvalue weighted by Gasteiger charge is 2.24. The number of hydrogen-bond acceptors (Lipinski definition) is 3. The fourth-order valence-electron chi connectivity index (χ4n) is 1.73. The number of nitrogens with zero attached hydrogens (tertiary/aromatic N) is 1. The molecule has 5 heteroatoms. The maximum atomic E-state index is 12.9. The van der Waals surface area contributed by atoms with Gasteiger partial charge in [0.1, 0.15) is 11.9 Å². The molecule has 1 saturated heterocycles. The lowest BCUT2D eigenvalue weighted by atomic mass is 10.2. The molecule has 1 aromatic carbocycles. The largest absolute Gasteiger partial charge is 0.366 e. The third kappa shape index (κ3) is 3.25. The SMILES string of the molecule is CN1CCOC(C(=O)Nc2cccc(F)c2)C1. The van der Waals surface area contributed by atoms with Crippen molar-refractivity contribution in [1.29, 1.82) is 0 Å². The fraction of sp³-hybridized carbons (Fsp3) is 0.417. The van der Waals surface area contributed by atoms with Gasteiger partial charge in [-0.3, -0.25) is 4.79 Å². The van der Waals surface area contributed by atoms with Gasteiger partial charge in [0.15, 0.2) is 0 Å². The van der Waals surface area contributed by atoms with E-state index in [1.54, 1.807) is 12.1 Å². The van der Waals surface area contributed by atoms with Gasteiger partial charge in [-0.05, 0) is 25.2 Å². The van der Waals surface area contributed by atoms with Crippen LogP contribution < -0.4 is 5.32 Å². The van der Waals surface area contributed by atoms with Crippen LogP contribution in [0.1, 0.15) is 0 Å². The third-order valence-corrected chi connectivity index (χ3v) is 2.65. The summed E-state index contributed by atoms with van der Waals surface area (Å²) in [7, 11) is 1.94. The van der Waals surface area contributed by atoms with Gasteiger partial charge in [-0.2, -0.15) is 0 Å². The Morgan fingerprint density at radius 1 is 1.59 bits per heavy atom. The molecule has 1 fully saturated rings. The third-order valence-electron chi connectivity index (χ3n) is 2.65. The number of nitrogens with one attached hydrogen (secondary N) is 1. The summed E-state index contributed by atoms with van der Waals surface area (Å²) in [5, 5.41) is 2.64. The standard InChI is InChI=1S/C12H15FN2O2/c1-15-5-6-17-11(8-15)12(16)14-10-4-2-3-9(13)7-10/h2-4,7,11H,5-6,8H2,1H3,(H,14,16). The first-order valence-corrected chi connectivity index (χ1v) is 5.52. The quantitative estimate of drug-likeness (QED) is 0.838. The average molecular weight is 238 g/mol. The van der Waals surface area contributed by atoms with Crippen molar-refractivity contribution in [1.82, 2.24) is 4.90 Å². The Morgan fingerprint density at radius 3 is 3.12 bits per heavy atom. The molecule has 17 heavy (non-hydrogen) atoms. The molecule has 0 saturated carbocycles. The molecule has 1 aliphatic heterocycles. The second-order valence-electron chi connectivity index (χ2n) is 4.12. The molecule has 1 N–H and O–H groups in total. The van der Waals surface area contributed by atoms with Crippen LogP contribution in [0.2, 0.25) is 0 Å². The van der Waals surface area contributed by atoms with Crippen LogP contribution in [0, 0.1) is 5.82 Å². The number of ether oxygens (including phenoxy) is 1. The van der Waals surface area contributed by atoms with E-state index in [0.29, 0.717) is 18.8 Å². The topological polar surface area (TPSA) is 41.6 Å². The summed E-state index contributed by atoms with van der Waals surface area (Å²) in [6.45, 7) is 1.92. The first kappa shape index (κ1) is 12.0. The van der Waals surface area contributed by atoms with Crippen LogP contribution in [0.15, 0.2) is 24.3 Å². The van der Waals surface area contributed by atoms with Crippen molar-refractivity contribution in [2.24, 2.45) is 0 Å². The maximum Gasteiger partial charge on any atom is 0.254 e. The van der Waals surface area contributed by atoms with E-state index in [4.69, 9.17) is 4.74 Å². The predicted molar refractivity (Wildman–Crippen MR) is 62.3 cm³/mol. The summed E-state index contributed by atoms with van der Waals surface area (Å²) >= 11 is 0. The smallest absolute Gasteiger partial charge is 0.254 e. The number of carbonyl (C=O) groups excluding carboxylic acids is 1. The van der Waals surface area contributed by atoms with Crippen molar-refractivity contribution in [2.75, 3.05) is 32.1 Å². The lowest BCUT2D eigenvalue weighted by Crippen LogP contribution is -2.46. The van der Waals surface area contributed by atoms with Gasteiger partial charge in [0.2, 0.25) is 0 Å². The summed E-state index contributed by atoms with van der Waals surface area (Å²) in [6.07, 6.45) is -0.489. The van der Waals surface area contributed by atoms with Gasteiger partial charge >= 0.3 is 0 Å². The van der Waals surface area contributed by atoms with Crippen molar-refractivity contribution in [3.8, 4) is 0 Å². The number of benzene rings is 1. The molecule has 4 nitrogen and oxygen atoms in total. The number of anilines is 1. The molecule has 1 heterocycles. The van der Waals surface area contributed by atoms with Crippen LogP contribution >= 0.6 is 0 Å². The molecule has 0 aliphatic carbocycles. The molecule has 1 aromatic rings. The van der Waals surface area contributed by atoms with Gasteiger partial charge in [-0.15, -0.1) is 0 Å². The highest BCUT2D eigenvalue weighted by atomic mass is 19.1. The minimum absolute atomic E-state index is 0.234. The molecule has 1 amide bonds. The summed E-state index contributed by atoms with van der Waals surface area (Å²) in [5.41, 5.74) is 0.451. The average Bonchev–Trinajstić information content (AvgIpc) is 2.29. The van der Waals surface area contributed by atoms with E-state index in [1.807, 2.05) is 11.9 Å². The van der Waals surface area contributed by atoms with Crippen LogP contribution in [0.3, 0.4) is 0 Å². The van der Waals surface area contributed by atoms with Gasteiger partial charge in [0, 0.05) is 18.8 Å². The molecule has 0 radical (unpaired) electrons. The van der Waals surface area contributed by atoms with Crippen LogP contribution in [-0.4, -0.2) is 43.7 Å². The van der Waals surface area contributed by atoms with Crippen LogP contribution in [-0.2, 0) is 9.53 Å². The minimum atomic E-state index is -0.489. The molecule has 0 spiro atoms. The van der Waals surface area contributed by atoms with Gasteiger partial charge in [-0.25, -0.2) is 4.39 Å². The summed E-state index contributed by atoms with van der Waals surface area (Å²) in [4.78, 5) is 13.9. The second kappa shape index (κ2) is 5.25. The zero-order valence-electron chi connectivity index (χ0n) is 9.65. The van der Waals surface area contributed by atoms with Crippen molar-refractivity contribution in [3.05, 3.63) is 30.1 Å². The van der Waals surface area contributed by atoms with Crippen LogP contribution in [0.5, 0.6) is 0 Å². The van der Waals surface area contributed by atoms with Crippen LogP contribution in [0.25, 0.3) is 0 Å². The zero-order chi connectivity index (χ0) is 12.3. The molecule has 2 rings (SSSR count). The molecule has 1 atom stereocenters. The van der Waals surface area contributed by atoms with Gasteiger partial charge in [-0.1, -0.05) is 6.07 Å². The number of rotatable bonds is 2. The Kier molecular flexibility index (Phi) is 3.71. The number of halogens is 1. The Labute approximate surface area is 99.4 Å². The first-order valence-electron chi connectivity index (χ1n) is 5.52. The first-order chi connectivity index (χ1) is 8.15. The van der Waals surface area contributed by atoms with Gasteiger partial charge < -0.3 is 15.0 Å². The van der Waals surface area contributed by atoms with Crippen molar-refractivity contribution >= 4 is 11.6 Å². The molecular weight excluding hydrogens is 223 g/mol. The van der Waals surface area contributed by atoms with E-state index in [2.05, 4.69) is 5.32 Å². The van der Waals surface area contributed by atoms with E-state index in [9.17, 15) is 9.18 Å². The normalized spacial score (nSPS) is 21.2. The molecule has 92 valence electrons. The Bertz CT molecular complexity index is 411. The Morgan fingerprint density at radius 2 is 2.41 bits per heavy atom. The Balaban J connectivity index is 1.96. The minimum Gasteiger partial charge on any atom is -0.366 e. The Hall–Kier alpha value is -1.46. The molecule has 0 bridgehead atoms. The number of amides is 1. The lowest BCUT2D eigenvalue weighted by molar-refractivity contribution is -0.132. The maximum absolute atomic E-state index is 12.9. The van der Waals surface area contributed by atoms with E-state index in [0.717, 1.165) is 6.54 Å². The van der Waals surface area contributed by atoms with Crippen LogP contribution in [0.4, 0.5) is 10.1 Å². The highest BCUT2D eigenvalue weighted by molar-refractivity contribution is 5.94. The highest BCUT2D eigenvalue weighted by Crippen LogP contribution is 2.11. The fourth-order valence-corrected chi connectivity index (χ4v) is 1.73. The number of morpholine rings is 1. The summed E-state index contributed by atoms with van der Waals surface area (Å²) in [6, 6.07) is 5.82. The van der Waals surface area contributed by atoms with Gasteiger partial charge in [0.25, 0.3) is 5.91 Å². The van der Waals surface area contributed by atoms with E-state index < -0.39 is 6.10 Å². The summed E-state index contributed by atoms with van der Waals surface area (Å²) in [5.74, 6) is -0.605. The van der Waals surface area contributed by atoms with Crippen molar-refractivity contribution < 1.29 is 13.9 Å². The van der Waals surface area contributed by atoms with Crippen molar-refractivity contribution in [2.45, 2.75) is 6.10 Å². The number of carbonyl (C=O) groups is 1. The van der Waals surface area contributed by atoms with Gasteiger partial charge in [0.05, 0.1) is 6.61 Å². The van der Waals surface area contributed by atoms with Crippen molar-refractivity contribution in [3.63, 3.8) is 0 Å². The molecular formula is C12H15FN2O2. The zero-order valence-corrected chi connectivity index (χ0v) is 9.65. The van der Waals surface area contributed by atoms with E-state index in [-0.39, 0.29) is 11.7 Å². The number of hydrogen-bond donors (Lipinski definition) is 1. The van der Waals surface area contributed by atoms with E-state index >= 15 is 0 Å².